The first-order chi connectivity index (χ1) is 11.4. The molecule has 2 N–H and O–H groups in total. The number of phenols is 2. The van der Waals surface area contributed by atoms with E-state index in [2.05, 4.69) is 0 Å². The number of halogens is 2. The Morgan fingerprint density at radius 1 is 1.00 bits per heavy atom. The highest BCUT2D eigenvalue weighted by atomic mass is 19.3. The number of alkyl halides is 2. The molecule has 3 atom stereocenters. The van der Waals surface area contributed by atoms with E-state index in [9.17, 15) is 19.0 Å². The van der Waals surface area contributed by atoms with Crippen molar-refractivity contribution in [3.63, 3.8) is 0 Å². The monoisotopic (exact) mass is 332 g/mol. The van der Waals surface area contributed by atoms with Crippen molar-refractivity contribution >= 4 is 0 Å². The van der Waals surface area contributed by atoms with Gasteiger partial charge >= 0.3 is 0 Å². The van der Waals surface area contributed by atoms with Crippen LogP contribution < -0.4 is 4.74 Å². The number of hydrogen-bond acceptors (Lipinski definition) is 3. The topological polar surface area (TPSA) is 49.7 Å². The van der Waals surface area contributed by atoms with Crippen LogP contribution in [-0.4, -0.2) is 16.1 Å². The zero-order valence-corrected chi connectivity index (χ0v) is 13.0. The van der Waals surface area contributed by atoms with Crippen molar-refractivity contribution in [3.05, 3.63) is 53.6 Å². The standard InChI is InChI=1S/C19H18F2O3/c20-19(21)8-7-14-16(10-19)15-9-13(23)5-6-17(15)24-18(14)11-1-3-12(22)4-2-11/h1-6,9,14,16,18,22-23H,7-8,10H2. The summed E-state index contributed by atoms with van der Waals surface area (Å²) in [6.07, 6.45) is -0.353. The first kappa shape index (κ1) is 15.2. The fourth-order valence-electron chi connectivity index (χ4n) is 3.99. The van der Waals surface area contributed by atoms with E-state index in [4.69, 9.17) is 4.74 Å². The third-order valence-corrected chi connectivity index (χ3v) is 5.14. The summed E-state index contributed by atoms with van der Waals surface area (Å²) < 4.78 is 34.1. The minimum absolute atomic E-state index is 0.0630. The number of ether oxygens (including phenoxy) is 1. The van der Waals surface area contributed by atoms with Gasteiger partial charge in [0, 0.05) is 30.2 Å². The Kier molecular flexibility index (Phi) is 3.41. The van der Waals surface area contributed by atoms with Gasteiger partial charge in [-0.15, -0.1) is 0 Å². The molecule has 3 unspecified atom stereocenters. The number of benzene rings is 2. The second-order valence-electron chi connectivity index (χ2n) is 6.72. The second-order valence-corrected chi connectivity index (χ2v) is 6.72. The quantitative estimate of drug-likeness (QED) is 0.792. The average molecular weight is 332 g/mol. The Morgan fingerprint density at radius 3 is 2.46 bits per heavy atom. The van der Waals surface area contributed by atoms with Crippen LogP contribution in [0.1, 0.15) is 42.4 Å². The third kappa shape index (κ3) is 2.58. The lowest BCUT2D eigenvalue weighted by Gasteiger charge is -2.44. The summed E-state index contributed by atoms with van der Waals surface area (Å²) >= 11 is 0. The molecule has 1 heterocycles. The van der Waals surface area contributed by atoms with Crippen LogP contribution in [0.3, 0.4) is 0 Å². The molecule has 3 nitrogen and oxygen atoms in total. The van der Waals surface area contributed by atoms with Crippen LogP contribution in [0.2, 0.25) is 0 Å². The lowest BCUT2D eigenvalue weighted by molar-refractivity contribution is -0.0767. The van der Waals surface area contributed by atoms with Crippen molar-refractivity contribution in [2.75, 3.05) is 0 Å². The van der Waals surface area contributed by atoms with E-state index in [0.717, 1.165) is 5.56 Å². The van der Waals surface area contributed by atoms with Gasteiger partial charge < -0.3 is 14.9 Å². The molecule has 126 valence electrons. The number of fused-ring (bicyclic) bond motifs is 3. The van der Waals surface area contributed by atoms with Gasteiger partial charge in [0.2, 0.25) is 5.92 Å². The van der Waals surface area contributed by atoms with Crippen LogP contribution in [0, 0.1) is 5.92 Å². The molecule has 0 bridgehead atoms. The van der Waals surface area contributed by atoms with Crippen LogP contribution in [0.4, 0.5) is 8.78 Å². The van der Waals surface area contributed by atoms with E-state index in [1.54, 1.807) is 36.4 Å². The van der Waals surface area contributed by atoms with Crippen LogP contribution in [0.25, 0.3) is 0 Å². The predicted octanol–water partition coefficient (Wildman–Crippen LogP) is 4.75. The molecule has 1 aliphatic carbocycles. The minimum atomic E-state index is -2.69. The van der Waals surface area contributed by atoms with E-state index in [0.29, 0.717) is 17.7 Å². The predicted molar refractivity (Wildman–Crippen MR) is 84.6 cm³/mol. The van der Waals surface area contributed by atoms with Gasteiger partial charge in [0.25, 0.3) is 0 Å². The van der Waals surface area contributed by atoms with E-state index < -0.39 is 5.92 Å². The maximum absolute atomic E-state index is 14.0. The normalized spacial score (nSPS) is 27.7. The molecule has 0 spiro atoms. The molecule has 1 aliphatic heterocycles. The second kappa shape index (κ2) is 5.36. The molecular formula is C19H18F2O3. The summed E-state index contributed by atoms with van der Waals surface area (Å²) in [6.45, 7) is 0. The smallest absolute Gasteiger partial charge is 0.248 e. The van der Waals surface area contributed by atoms with E-state index in [1.807, 2.05) is 0 Å². The van der Waals surface area contributed by atoms with Gasteiger partial charge in [-0.1, -0.05) is 12.1 Å². The summed E-state index contributed by atoms with van der Waals surface area (Å²) in [6, 6.07) is 11.4. The van der Waals surface area contributed by atoms with Crippen LogP contribution in [0.5, 0.6) is 17.2 Å². The van der Waals surface area contributed by atoms with Crippen LogP contribution in [-0.2, 0) is 0 Å². The lowest BCUT2D eigenvalue weighted by Crippen LogP contribution is -2.38. The molecule has 2 aromatic rings. The summed E-state index contributed by atoms with van der Waals surface area (Å²) in [7, 11) is 0. The minimum Gasteiger partial charge on any atom is -0.508 e. The van der Waals surface area contributed by atoms with Gasteiger partial charge in [-0.05, 0) is 42.3 Å². The Balaban J connectivity index is 1.78. The van der Waals surface area contributed by atoms with E-state index in [1.165, 1.54) is 6.07 Å². The molecule has 5 heteroatoms. The third-order valence-electron chi connectivity index (χ3n) is 5.14. The highest BCUT2D eigenvalue weighted by molar-refractivity contribution is 5.45. The van der Waals surface area contributed by atoms with Gasteiger partial charge in [-0.3, -0.25) is 0 Å². The SMILES string of the molecule is Oc1ccc(C2Oc3ccc(O)cc3C3CC(F)(F)CCC32)cc1. The highest BCUT2D eigenvalue weighted by Gasteiger charge is 2.48. The zero-order valence-electron chi connectivity index (χ0n) is 13.0. The maximum Gasteiger partial charge on any atom is 0.248 e. The molecule has 1 saturated carbocycles. The molecule has 4 rings (SSSR count). The van der Waals surface area contributed by atoms with Gasteiger partial charge in [0.15, 0.2) is 0 Å². The number of phenolic OH excluding ortho intramolecular Hbond substituents is 2. The van der Waals surface area contributed by atoms with Crippen LogP contribution >= 0.6 is 0 Å². The fraction of sp³-hybridized carbons (Fsp3) is 0.368. The molecule has 0 radical (unpaired) electrons. The van der Waals surface area contributed by atoms with Crippen molar-refractivity contribution in [1.82, 2.24) is 0 Å². The first-order valence-electron chi connectivity index (χ1n) is 8.09. The van der Waals surface area contributed by atoms with Gasteiger partial charge in [0.05, 0.1) is 0 Å². The molecule has 1 fully saturated rings. The van der Waals surface area contributed by atoms with Crippen molar-refractivity contribution in [2.45, 2.75) is 37.2 Å². The zero-order chi connectivity index (χ0) is 16.9. The highest BCUT2D eigenvalue weighted by Crippen LogP contribution is 2.56. The van der Waals surface area contributed by atoms with Gasteiger partial charge in [0.1, 0.15) is 23.4 Å². The average Bonchev–Trinajstić information content (AvgIpc) is 2.54. The molecule has 24 heavy (non-hydrogen) atoms. The Bertz CT molecular complexity index is 758. The number of hydrogen-bond donors (Lipinski definition) is 2. The largest absolute Gasteiger partial charge is 0.508 e. The van der Waals surface area contributed by atoms with Gasteiger partial charge in [-0.2, -0.15) is 0 Å². The van der Waals surface area contributed by atoms with Crippen molar-refractivity contribution < 1.29 is 23.7 Å². The Hall–Kier alpha value is -2.30. The molecule has 0 saturated heterocycles. The number of rotatable bonds is 1. The molecule has 2 aliphatic rings. The molecule has 0 aromatic heterocycles. The van der Waals surface area contributed by atoms with Crippen molar-refractivity contribution in [3.8, 4) is 17.2 Å². The first-order valence-corrected chi connectivity index (χ1v) is 8.09. The summed E-state index contributed by atoms with van der Waals surface area (Å²) in [5.74, 6) is -2.36. The Labute approximate surface area is 138 Å². The fourth-order valence-corrected chi connectivity index (χ4v) is 3.99. The Morgan fingerprint density at radius 2 is 1.71 bits per heavy atom. The van der Waals surface area contributed by atoms with Crippen molar-refractivity contribution in [2.24, 2.45) is 5.92 Å². The molecule has 2 aromatic carbocycles. The summed E-state index contributed by atoms with van der Waals surface area (Å²) in [5.41, 5.74) is 1.53. The van der Waals surface area contributed by atoms with Crippen molar-refractivity contribution in [1.29, 1.82) is 0 Å². The molecular weight excluding hydrogens is 314 g/mol. The number of aromatic hydroxyl groups is 2. The van der Waals surface area contributed by atoms with E-state index >= 15 is 0 Å². The van der Waals surface area contributed by atoms with E-state index in [-0.39, 0.29) is 42.3 Å². The van der Waals surface area contributed by atoms with Crippen LogP contribution in [0.15, 0.2) is 42.5 Å². The summed E-state index contributed by atoms with van der Waals surface area (Å²) in [4.78, 5) is 0. The summed E-state index contributed by atoms with van der Waals surface area (Å²) in [5, 5.41) is 19.2. The maximum atomic E-state index is 14.0. The van der Waals surface area contributed by atoms with Gasteiger partial charge in [-0.25, -0.2) is 8.78 Å². The molecule has 0 amide bonds. The lowest BCUT2D eigenvalue weighted by atomic mass is 9.68.